The highest BCUT2D eigenvalue weighted by Gasteiger charge is 2.10. The lowest BCUT2D eigenvalue weighted by Gasteiger charge is -2.10. The van der Waals surface area contributed by atoms with Crippen molar-refractivity contribution in [3.05, 3.63) is 124 Å². The van der Waals surface area contributed by atoms with Crippen LogP contribution in [-0.2, 0) is 4.79 Å². The molecule has 0 aliphatic rings. The van der Waals surface area contributed by atoms with Crippen molar-refractivity contribution >= 4 is 69.1 Å². The number of rotatable bonds is 10. The summed E-state index contributed by atoms with van der Waals surface area (Å²) in [5, 5.41) is 13.8. The van der Waals surface area contributed by atoms with Crippen LogP contribution in [0.3, 0.4) is 0 Å². The third-order valence-electron chi connectivity index (χ3n) is 5.84. The smallest absolute Gasteiger partial charge is 0.271 e. The molecule has 0 radical (unpaired) electrons. The van der Waals surface area contributed by atoms with E-state index >= 15 is 0 Å². The van der Waals surface area contributed by atoms with E-state index < -0.39 is 0 Å². The maximum absolute atomic E-state index is 12.7. The first-order chi connectivity index (χ1) is 20.4. The molecule has 0 unspecified atom stereocenters. The number of nitrogens with one attached hydrogen (secondary N) is 3. The number of halogens is 2. The molecular formula is C31H23Cl2N5O3S. The fourth-order valence-electron chi connectivity index (χ4n) is 3.75. The first-order valence-electron chi connectivity index (χ1n) is 12.6. The zero-order valence-corrected chi connectivity index (χ0v) is 24.2. The molecule has 42 heavy (non-hydrogen) atoms. The molecule has 0 aliphatic heterocycles. The van der Waals surface area contributed by atoms with E-state index in [-0.39, 0.29) is 18.4 Å². The van der Waals surface area contributed by atoms with Gasteiger partial charge in [-0.1, -0.05) is 59.6 Å². The number of thiazole rings is 1. The van der Waals surface area contributed by atoms with Crippen LogP contribution in [0.4, 0.5) is 16.5 Å². The zero-order chi connectivity index (χ0) is 29.3. The molecule has 5 rings (SSSR count). The summed E-state index contributed by atoms with van der Waals surface area (Å²) >= 11 is 13.5. The van der Waals surface area contributed by atoms with Crippen molar-refractivity contribution in [2.45, 2.75) is 0 Å². The Morgan fingerprint density at radius 1 is 0.905 bits per heavy atom. The number of carbonyl (C=O) groups excluding carboxylic acids is 2. The van der Waals surface area contributed by atoms with Gasteiger partial charge in [0, 0.05) is 32.8 Å². The Hall–Kier alpha value is -4.70. The summed E-state index contributed by atoms with van der Waals surface area (Å²) in [6.07, 6.45) is 1.46. The van der Waals surface area contributed by atoms with E-state index in [2.05, 4.69) is 26.1 Å². The predicted octanol–water partition coefficient (Wildman–Crippen LogP) is 7.64. The maximum Gasteiger partial charge on any atom is 0.271 e. The fourth-order valence-corrected chi connectivity index (χ4v) is 4.80. The topological polar surface area (TPSA) is 105 Å². The van der Waals surface area contributed by atoms with Crippen LogP contribution in [-0.4, -0.2) is 29.6 Å². The number of para-hydroxylation sites is 2. The summed E-state index contributed by atoms with van der Waals surface area (Å²) in [6.45, 7) is -0.230. The molecule has 0 saturated carbocycles. The number of carbonyl (C=O) groups is 2. The highest BCUT2D eigenvalue weighted by atomic mass is 35.5. The van der Waals surface area contributed by atoms with Crippen molar-refractivity contribution in [1.82, 2.24) is 10.4 Å². The van der Waals surface area contributed by atoms with Crippen LogP contribution in [0.15, 0.2) is 108 Å². The van der Waals surface area contributed by atoms with E-state index in [9.17, 15) is 9.59 Å². The van der Waals surface area contributed by atoms with Gasteiger partial charge < -0.3 is 15.4 Å². The van der Waals surface area contributed by atoms with Crippen LogP contribution >= 0.6 is 34.5 Å². The molecule has 0 atom stereocenters. The largest absolute Gasteiger partial charge is 0.483 e. The fraction of sp³-hybridized carbons (Fsp3) is 0.0323. The average Bonchev–Trinajstić information content (AvgIpc) is 3.47. The van der Waals surface area contributed by atoms with Crippen molar-refractivity contribution in [1.29, 1.82) is 0 Å². The molecule has 3 N–H and O–H groups in total. The predicted molar refractivity (Wildman–Crippen MR) is 169 cm³/mol. The lowest BCUT2D eigenvalue weighted by molar-refractivity contribution is -0.118. The minimum Gasteiger partial charge on any atom is -0.483 e. The first kappa shape index (κ1) is 28.8. The first-order valence-corrected chi connectivity index (χ1v) is 14.3. The average molecular weight is 617 g/mol. The summed E-state index contributed by atoms with van der Waals surface area (Å²) in [5.41, 5.74) is 6.60. The van der Waals surface area contributed by atoms with Gasteiger partial charge in [-0.25, -0.2) is 10.4 Å². The molecule has 1 heterocycles. The van der Waals surface area contributed by atoms with Gasteiger partial charge >= 0.3 is 0 Å². The maximum atomic E-state index is 12.7. The quantitative estimate of drug-likeness (QED) is 0.111. The van der Waals surface area contributed by atoms with E-state index in [1.54, 1.807) is 60.7 Å². The highest BCUT2D eigenvalue weighted by molar-refractivity contribution is 7.14. The van der Waals surface area contributed by atoms with Gasteiger partial charge in [0.1, 0.15) is 5.75 Å². The van der Waals surface area contributed by atoms with Crippen molar-refractivity contribution in [2.75, 3.05) is 17.2 Å². The van der Waals surface area contributed by atoms with Gasteiger partial charge in [-0.05, 0) is 60.7 Å². The number of aromatic nitrogens is 1. The van der Waals surface area contributed by atoms with E-state index in [0.29, 0.717) is 32.6 Å². The normalized spacial score (nSPS) is 10.8. The summed E-state index contributed by atoms with van der Waals surface area (Å²) in [7, 11) is 0. The van der Waals surface area contributed by atoms with E-state index in [0.717, 1.165) is 22.1 Å². The van der Waals surface area contributed by atoms with Crippen LogP contribution in [0.5, 0.6) is 5.75 Å². The Kier molecular flexibility index (Phi) is 9.45. The summed E-state index contributed by atoms with van der Waals surface area (Å²) < 4.78 is 5.67. The van der Waals surface area contributed by atoms with Crippen LogP contribution in [0.25, 0.3) is 11.3 Å². The molecule has 4 aromatic carbocycles. The van der Waals surface area contributed by atoms with E-state index in [1.165, 1.54) is 17.6 Å². The van der Waals surface area contributed by atoms with Crippen molar-refractivity contribution < 1.29 is 14.3 Å². The number of ether oxygens (including phenoxy) is 1. The number of hydrogen-bond acceptors (Lipinski definition) is 7. The van der Waals surface area contributed by atoms with Crippen LogP contribution < -0.4 is 20.8 Å². The third-order valence-corrected chi connectivity index (χ3v) is 7.18. The molecule has 0 fully saturated rings. The Morgan fingerprint density at radius 3 is 2.43 bits per heavy atom. The number of benzene rings is 4. The van der Waals surface area contributed by atoms with Gasteiger partial charge in [-0.2, -0.15) is 5.10 Å². The molecule has 1 aromatic heterocycles. The highest BCUT2D eigenvalue weighted by Crippen LogP contribution is 2.28. The molecule has 210 valence electrons. The molecule has 0 aliphatic carbocycles. The molecule has 8 nitrogen and oxygen atoms in total. The summed E-state index contributed by atoms with van der Waals surface area (Å²) in [5.74, 6) is -0.306. The number of amides is 2. The van der Waals surface area contributed by atoms with E-state index in [1.807, 2.05) is 41.8 Å². The van der Waals surface area contributed by atoms with Gasteiger partial charge in [0.2, 0.25) is 0 Å². The van der Waals surface area contributed by atoms with Gasteiger partial charge in [0.25, 0.3) is 11.8 Å². The summed E-state index contributed by atoms with van der Waals surface area (Å²) in [6, 6.07) is 28.4. The van der Waals surface area contributed by atoms with Crippen molar-refractivity contribution in [2.24, 2.45) is 5.10 Å². The number of anilines is 3. The van der Waals surface area contributed by atoms with Crippen LogP contribution in [0, 0.1) is 0 Å². The molecule has 0 spiro atoms. The molecule has 11 heteroatoms. The molecule has 5 aromatic rings. The molecule has 2 amide bonds. The monoisotopic (exact) mass is 615 g/mol. The Morgan fingerprint density at radius 2 is 1.64 bits per heavy atom. The number of hydrazone groups is 1. The SMILES string of the molecule is O=C(COc1ccccc1/C=N\NC(=O)c1ccc(-c2csc(Nc3ccc(Cl)cc3)n2)cc1)Nc1ccccc1Cl. The Bertz CT molecular complexity index is 1720. The summed E-state index contributed by atoms with van der Waals surface area (Å²) in [4.78, 5) is 29.6. The van der Waals surface area contributed by atoms with Gasteiger partial charge in [-0.3, -0.25) is 9.59 Å². The Balaban J connectivity index is 1.15. The van der Waals surface area contributed by atoms with Crippen LogP contribution in [0.2, 0.25) is 10.0 Å². The minimum absolute atomic E-state index is 0.230. The number of hydrogen-bond donors (Lipinski definition) is 3. The van der Waals surface area contributed by atoms with Crippen molar-refractivity contribution in [3.63, 3.8) is 0 Å². The second-order valence-electron chi connectivity index (χ2n) is 8.80. The van der Waals surface area contributed by atoms with Gasteiger partial charge in [0.15, 0.2) is 11.7 Å². The molecule has 0 bridgehead atoms. The number of nitrogens with zero attached hydrogens (tertiary/aromatic N) is 2. The Labute approximate surface area is 256 Å². The second kappa shape index (κ2) is 13.8. The third kappa shape index (κ3) is 7.73. The lowest BCUT2D eigenvalue weighted by atomic mass is 10.1. The van der Waals surface area contributed by atoms with Gasteiger partial charge in [0.05, 0.1) is 22.6 Å². The van der Waals surface area contributed by atoms with Crippen molar-refractivity contribution in [3.8, 4) is 17.0 Å². The molecule has 0 saturated heterocycles. The van der Waals surface area contributed by atoms with Gasteiger partial charge in [-0.15, -0.1) is 11.3 Å². The lowest BCUT2D eigenvalue weighted by Crippen LogP contribution is -2.21. The standard InChI is InChI=1S/C31H23Cl2N5O3S/c32-23-13-15-24(16-14-23)35-31-37-27(19-42-31)20-9-11-21(12-10-20)30(40)38-34-17-22-5-1-4-8-28(22)41-18-29(39)36-26-7-3-2-6-25(26)33/h1-17,19H,18H2,(H,35,37)(H,36,39)(H,38,40)/b34-17-. The van der Waals surface area contributed by atoms with E-state index in [4.69, 9.17) is 27.9 Å². The minimum atomic E-state index is -0.376. The zero-order valence-electron chi connectivity index (χ0n) is 21.9. The second-order valence-corrected chi connectivity index (χ2v) is 10.5. The van der Waals surface area contributed by atoms with Crippen LogP contribution in [0.1, 0.15) is 15.9 Å². The molecular weight excluding hydrogens is 593 g/mol.